The maximum atomic E-state index is 13.6. The number of methoxy groups -OCH3 is 1. The zero-order valence-electron chi connectivity index (χ0n) is 16.7. The highest BCUT2D eigenvalue weighted by molar-refractivity contribution is 5.92. The van der Waals surface area contributed by atoms with Crippen molar-refractivity contribution in [3.8, 4) is 5.75 Å². The second-order valence-electron chi connectivity index (χ2n) is 7.37. The van der Waals surface area contributed by atoms with Crippen LogP contribution in [0.25, 0.3) is 0 Å². The minimum atomic E-state index is -0.233. The molecule has 1 amide bonds. The quantitative estimate of drug-likeness (QED) is 0.641. The van der Waals surface area contributed by atoms with E-state index in [1.54, 1.807) is 19.2 Å². The van der Waals surface area contributed by atoms with Crippen molar-refractivity contribution in [1.29, 1.82) is 0 Å². The van der Waals surface area contributed by atoms with Gasteiger partial charge in [-0.3, -0.25) is 4.79 Å². The molecule has 1 saturated heterocycles. The van der Waals surface area contributed by atoms with E-state index in [2.05, 4.69) is 12.2 Å². The number of hydrogen-bond acceptors (Lipinski definition) is 2. The van der Waals surface area contributed by atoms with Gasteiger partial charge in [-0.25, -0.2) is 4.39 Å². The van der Waals surface area contributed by atoms with Gasteiger partial charge in [0.15, 0.2) is 6.54 Å². The van der Waals surface area contributed by atoms with Gasteiger partial charge in [-0.15, -0.1) is 0 Å². The molecule has 6 heteroatoms. The highest BCUT2D eigenvalue weighted by Crippen LogP contribution is 2.18. The molecule has 1 aliphatic rings. The summed E-state index contributed by atoms with van der Waals surface area (Å²) in [5, 5.41) is 3.06. The number of ether oxygens (including phenoxy) is 1. The predicted molar refractivity (Wildman–Crippen MR) is 107 cm³/mol. The van der Waals surface area contributed by atoms with Gasteiger partial charge >= 0.3 is 0 Å². The third-order valence-electron chi connectivity index (χ3n) is 5.43. The fraction of sp³-hybridized carbons (Fsp3) is 0.409. The standard InChI is InChI=1S/C22H28FN3O2/c1-3-17-6-4-5-7-20(17)24-22(27)16-26-12-10-25(11-13-26)15-18-14-19(23)8-9-21(18)28-2/h4-9,14H,3,10-13,15-16H2,1-2H3,(H,24,27)/p+2. The number of anilines is 1. The number of para-hydroxylation sites is 1. The zero-order valence-corrected chi connectivity index (χ0v) is 16.7. The molecule has 0 radical (unpaired) electrons. The molecule has 28 heavy (non-hydrogen) atoms. The van der Waals surface area contributed by atoms with Crippen molar-refractivity contribution in [2.75, 3.05) is 45.2 Å². The van der Waals surface area contributed by atoms with Crippen molar-refractivity contribution >= 4 is 11.6 Å². The average molecular weight is 387 g/mol. The predicted octanol–water partition coefficient (Wildman–Crippen LogP) is 0.319. The van der Waals surface area contributed by atoms with E-state index in [1.807, 2.05) is 24.3 Å². The zero-order chi connectivity index (χ0) is 19.9. The summed E-state index contributed by atoms with van der Waals surface area (Å²) < 4.78 is 18.9. The van der Waals surface area contributed by atoms with E-state index in [0.717, 1.165) is 61.7 Å². The molecule has 0 atom stereocenters. The normalized spacial score (nSPS) is 19.2. The Morgan fingerprint density at radius 3 is 2.50 bits per heavy atom. The van der Waals surface area contributed by atoms with E-state index in [4.69, 9.17) is 4.74 Å². The summed E-state index contributed by atoms with van der Waals surface area (Å²) in [6.45, 7) is 7.07. The number of nitrogens with one attached hydrogen (secondary N) is 3. The van der Waals surface area contributed by atoms with Crippen LogP contribution >= 0.6 is 0 Å². The lowest BCUT2D eigenvalue weighted by Gasteiger charge is -2.29. The number of benzene rings is 2. The number of rotatable bonds is 7. The Morgan fingerprint density at radius 2 is 1.79 bits per heavy atom. The summed E-state index contributed by atoms with van der Waals surface area (Å²) >= 11 is 0. The Labute approximate surface area is 166 Å². The third-order valence-corrected chi connectivity index (χ3v) is 5.43. The number of amides is 1. The Bertz CT molecular complexity index is 804. The molecule has 5 nitrogen and oxygen atoms in total. The summed E-state index contributed by atoms with van der Waals surface area (Å²) in [6.07, 6.45) is 0.898. The van der Waals surface area contributed by atoms with Gasteiger partial charge in [0.2, 0.25) is 0 Å². The van der Waals surface area contributed by atoms with Gasteiger partial charge in [0.25, 0.3) is 5.91 Å². The van der Waals surface area contributed by atoms with E-state index in [0.29, 0.717) is 6.54 Å². The fourth-order valence-corrected chi connectivity index (χ4v) is 3.84. The van der Waals surface area contributed by atoms with Crippen LogP contribution in [-0.2, 0) is 17.8 Å². The van der Waals surface area contributed by atoms with E-state index >= 15 is 0 Å². The molecular weight excluding hydrogens is 357 g/mol. The second-order valence-corrected chi connectivity index (χ2v) is 7.37. The number of carbonyl (C=O) groups excluding carboxylic acids is 1. The first kappa shape index (κ1) is 20.3. The van der Waals surface area contributed by atoms with Gasteiger partial charge in [0.1, 0.15) is 44.3 Å². The second kappa shape index (κ2) is 9.66. The first-order valence-electron chi connectivity index (χ1n) is 9.96. The van der Waals surface area contributed by atoms with E-state index in [1.165, 1.54) is 15.9 Å². The largest absolute Gasteiger partial charge is 0.496 e. The topological polar surface area (TPSA) is 47.2 Å². The lowest BCUT2D eigenvalue weighted by molar-refractivity contribution is -1.02. The highest BCUT2D eigenvalue weighted by Gasteiger charge is 2.26. The minimum absolute atomic E-state index is 0.0612. The molecular formula is C22H30FN3O2+2. The van der Waals surface area contributed by atoms with E-state index in [9.17, 15) is 9.18 Å². The molecule has 2 aromatic carbocycles. The Hall–Kier alpha value is -2.44. The van der Waals surface area contributed by atoms with Crippen LogP contribution in [0.1, 0.15) is 18.1 Å². The van der Waals surface area contributed by atoms with Crippen molar-refractivity contribution in [1.82, 2.24) is 0 Å². The Morgan fingerprint density at radius 1 is 1.07 bits per heavy atom. The van der Waals surface area contributed by atoms with Crippen LogP contribution in [0.2, 0.25) is 0 Å². The number of quaternary nitrogens is 2. The van der Waals surface area contributed by atoms with Crippen LogP contribution in [-0.4, -0.2) is 45.7 Å². The van der Waals surface area contributed by atoms with Crippen LogP contribution in [0, 0.1) is 5.82 Å². The van der Waals surface area contributed by atoms with Crippen molar-refractivity contribution in [2.45, 2.75) is 19.9 Å². The molecule has 0 aliphatic carbocycles. The van der Waals surface area contributed by atoms with Crippen LogP contribution in [0.4, 0.5) is 10.1 Å². The Kier molecular flexibility index (Phi) is 7.01. The van der Waals surface area contributed by atoms with Gasteiger partial charge in [-0.1, -0.05) is 25.1 Å². The Balaban J connectivity index is 1.49. The van der Waals surface area contributed by atoms with E-state index < -0.39 is 0 Å². The molecule has 0 unspecified atom stereocenters. The molecule has 0 spiro atoms. The monoisotopic (exact) mass is 387 g/mol. The van der Waals surface area contributed by atoms with Crippen LogP contribution in [0.15, 0.2) is 42.5 Å². The summed E-state index contributed by atoms with van der Waals surface area (Å²) in [5.74, 6) is 0.562. The maximum absolute atomic E-state index is 13.6. The van der Waals surface area contributed by atoms with E-state index in [-0.39, 0.29) is 11.7 Å². The van der Waals surface area contributed by atoms with Crippen molar-refractivity contribution in [3.63, 3.8) is 0 Å². The minimum Gasteiger partial charge on any atom is -0.496 e. The fourth-order valence-electron chi connectivity index (χ4n) is 3.84. The average Bonchev–Trinajstić information content (AvgIpc) is 2.70. The molecule has 1 fully saturated rings. The number of aryl methyl sites for hydroxylation is 1. The first-order chi connectivity index (χ1) is 13.6. The van der Waals surface area contributed by atoms with Crippen LogP contribution in [0.5, 0.6) is 5.75 Å². The summed E-state index contributed by atoms with van der Waals surface area (Å²) in [5.41, 5.74) is 2.97. The molecule has 0 bridgehead atoms. The van der Waals surface area contributed by atoms with Crippen LogP contribution < -0.4 is 19.9 Å². The molecule has 150 valence electrons. The molecule has 3 N–H and O–H groups in total. The first-order valence-corrected chi connectivity index (χ1v) is 9.96. The summed E-state index contributed by atoms with van der Waals surface area (Å²) in [4.78, 5) is 15.1. The SMILES string of the molecule is CCc1ccccc1NC(=O)C[NH+]1CC[NH+](Cc2cc(F)ccc2OC)CC1. The number of hydrogen-bond donors (Lipinski definition) is 3. The van der Waals surface area contributed by atoms with Crippen molar-refractivity contribution in [3.05, 3.63) is 59.4 Å². The van der Waals surface area contributed by atoms with Gasteiger partial charge in [-0.2, -0.15) is 0 Å². The van der Waals surface area contributed by atoms with Gasteiger partial charge in [0.05, 0.1) is 12.7 Å². The maximum Gasteiger partial charge on any atom is 0.279 e. The number of piperazine rings is 1. The molecule has 3 rings (SSSR count). The molecule has 0 aromatic heterocycles. The third kappa shape index (κ3) is 5.30. The lowest BCUT2D eigenvalue weighted by Crippen LogP contribution is -3.28. The smallest absolute Gasteiger partial charge is 0.279 e. The van der Waals surface area contributed by atoms with Gasteiger partial charge in [0, 0.05) is 5.69 Å². The molecule has 2 aromatic rings. The molecule has 1 heterocycles. The summed E-state index contributed by atoms with van der Waals surface area (Å²) in [6, 6.07) is 12.6. The molecule has 0 saturated carbocycles. The van der Waals surface area contributed by atoms with Gasteiger partial charge < -0.3 is 19.9 Å². The summed E-state index contributed by atoms with van der Waals surface area (Å²) in [7, 11) is 1.61. The van der Waals surface area contributed by atoms with Gasteiger partial charge in [-0.05, 0) is 36.2 Å². The number of halogens is 1. The highest BCUT2D eigenvalue weighted by atomic mass is 19.1. The van der Waals surface area contributed by atoms with Crippen LogP contribution in [0.3, 0.4) is 0 Å². The lowest BCUT2D eigenvalue weighted by atomic mass is 10.1. The van der Waals surface area contributed by atoms with Crippen molar-refractivity contribution < 1.29 is 23.7 Å². The molecule has 1 aliphatic heterocycles. The number of carbonyl (C=O) groups is 1. The van der Waals surface area contributed by atoms with Crippen molar-refractivity contribution in [2.24, 2.45) is 0 Å².